The van der Waals surface area contributed by atoms with Crippen LogP contribution in [0.1, 0.15) is 37.5 Å². The number of pyridine rings is 1. The Hall–Kier alpha value is -2.72. The minimum absolute atomic E-state index is 0.194. The Kier molecular flexibility index (Phi) is 6.57. The van der Waals surface area contributed by atoms with E-state index in [0.29, 0.717) is 11.1 Å². The first kappa shape index (κ1) is 21.6. The van der Waals surface area contributed by atoms with Crippen LogP contribution < -0.4 is 5.32 Å². The number of amides is 1. The van der Waals surface area contributed by atoms with E-state index in [1.165, 1.54) is 24.4 Å². The number of nitrogens with zero attached hydrogens (tertiary/aromatic N) is 1. The molecule has 148 valence electrons. The maximum absolute atomic E-state index is 14.4. The first-order valence-corrected chi connectivity index (χ1v) is 8.62. The molecule has 2 rings (SSSR count). The molecule has 8 heteroatoms. The van der Waals surface area contributed by atoms with E-state index in [-0.39, 0.29) is 5.02 Å². The summed E-state index contributed by atoms with van der Waals surface area (Å²) in [6, 6.07) is 6.43. The lowest BCUT2D eigenvalue weighted by Gasteiger charge is -2.22. The number of alkyl carbamates (subject to hydrolysis) is 1. The van der Waals surface area contributed by atoms with Crippen molar-refractivity contribution >= 4 is 17.7 Å². The molecule has 0 aliphatic rings. The van der Waals surface area contributed by atoms with Crippen LogP contribution >= 0.6 is 11.6 Å². The molecule has 0 fully saturated rings. The normalized spacial score (nSPS) is 11.4. The van der Waals surface area contributed by atoms with E-state index in [2.05, 4.69) is 16.8 Å². The van der Waals surface area contributed by atoms with Crippen molar-refractivity contribution in [1.82, 2.24) is 10.3 Å². The molecule has 1 N–H and O–H groups in total. The van der Waals surface area contributed by atoms with E-state index in [0.717, 1.165) is 12.1 Å². The number of carbonyl (C=O) groups excluding carboxylic acids is 1. The van der Waals surface area contributed by atoms with E-state index in [4.69, 9.17) is 16.3 Å². The molecule has 0 radical (unpaired) electrons. The van der Waals surface area contributed by atoms with Crippen molar-refractivity contribution in [2.75, 3.05) is 6.54 Å². The van der Waals surface area contributed by atoms with Gasteiger partial charge in [0.2, 0.25) is 5.95 Å². The predicted octanol–water partition coefficient (Wildman–Crippen LogP) is 4.89. The Labute approximate surface area is 166 Å². The number of nitrogens with one attached hydrogen (secondary N) is 1. The van der Waals surface area contributed by atoms with Crippen LogP contribution in [0.4, 0.5) is 18.0 Å². The van der Waals surface area contributed by atoms with E-state index in [1.54, 1.807) is 20.8 Å². The van der Waals surface area contributed by atoms with Crippen molar-refractivity contribution in [3.05, 3.63) is 64.2 Å². The number of alkyl halides is 2. The monoisotopic (exact) mass is 410 g/mol. The fraction of sp³-hybridized carbons (Fsp3) is 0.300. The van der Waals surface area contributed by atoms with Gasteiger partial charge < -0.3 is 10.1 Å². The zero-order valence-corrected chi connectivity index (χ0v) is 16.2. The Morgan fingerprint density at radius 3 is 2.39 bits per heavy atom. The fourth-order valence-corrected chi connectivity index (χ4v) is 2.39. The average Bonchev–Trinajstić information content (AvgIpc) is 2.58. The Morgan fingerprint density at radius 2 is 1.82 bits per heavy atom. The highest BCUT2D eigenvalue weighted by molar-refractivity contribution is 6.31. The highest BCUT2D eigenvalue weighted by atomic mass is 35.5. The quantitative estimate of drug-likeness (QED) is 0.579. The van der Waals surface area contributed by atoms with Gasteiger partial charge in [-0.15, -0.1) is 0 Å². The van der Waals surface area contributed by atoms with Gasteiger partial charge in [-0.25, -0.2) is 9.78 Å². The largest absolute Gasteiger partial charge is 0.444 e. The van der Waals surface area contributed by atoms with Gasteiger partial charge in [0.05, 0.1) is 11.6 Å². The van der Waals surface area contributed by atoms with Crippen LogP contribution in [0.25, 0.3) is 0 Å². The van der Waals surface area contributed by atoms with Crippen LogP contribution in [0.2, 0.25) is 5.02 Å². The topological polar surface area (TPSA) is 51.2 Å². The Bertz CT molecular complexity index is 914. The van der Waals surface area contributed by atoms with E-state index in [1.807, 2.05) is 5.32 Å². The van der Waals surface area contributed by atoms with Crippen molar-refractivity contribution in [3.63, 3.8) is 0 Å². The molecule has 0 saturated carbocycles. The van der Waals surface area contributed by atoms with Crippen LogP contribution in [0.5, 0.6) is 0 Å². The van der Waals surface area contributed by atoms with Crippen molar-refractivity contribution in [2.45, 2.75) is 32.3 Å². The minimum Gasteiger partial charge on any atom is -0.444 e. The second kappa shape index (κ2) is 8.53. The smallest absolute Gasteiger partial charge is 0.407 e. The lowest BCUT2D eigenvalue weighted by Crippen LogP contribution is -2.38. The molecule has 1 aromatic carbocycles. The number of aromatic nitrogens is 1. The lowest BCUT2D eigenvalue weighted by molar-refractivity contribution is -0.00903. The van der Waals surface area contributed by atoms with Crippen LogP contribution in [0, 0.1) is 17.8 Å². The number of ether oxygens (including phenoxy) is 1. The molecule has 0 atom stereocenters. The van der Waals surface area contributed by atoms with Gasteiger partial charge in [0.15, 0.2) is 0 Å². The van der Waals surface area contributed by atoms with E-state index < -0.39 is 35.7 Å². The van der Waals surface area contributed by atoms with Gasteiger partial charge in [0.25, 0.3) is 5.92 Å². The third-order valence-electron chi connectivity index (χ3n) is 3.30. The molecular formula is C20H18ClF3N2O2. The van der Waals surface area contributed by atoms with Gasteiger partial charge in [-0.2, -0.15) is 13.2 Å². The van der Waals surface area contributed by atoms with Gasteiger partial charge >= 0.3 is 6.09 Å². The first-order valence-electron chi connectivity index (χ1n) is 8.24. The molecule has 2 aromatic rings. The minimum atomic E-state index is -3.40. The van der Waals surface area contributed by atoms with Crippen LogP contribution in [-0.2, 0) is 10.7 Å². The zero-order valence-electron chi connectivity index (χ0n) is 15.4. The molecule has 0 spiro atoms. The van der Waals surface area contributed by atoms with E-state index in [9.17, 15) is 18.0 Å². The van der Waals surface area contributed by atoms with Crippen molar-refractivity contribution in [1.29, 1.82) is 0 Å². The summed E-state index contributed by atoms with van der Waals surface area (Å²) in [7, 11) is 0. The van der Waals surface area contributed by atoms with Gasteiger partial charge in [-0.3, -0.25) is 0 Å². The third kappa shape index (κ3) is 6.46. The molecule has 0 unspecified atom stereocenters. The molecule has 1 heterocycles. The summed E-state index contributed by atoms with van der Waals surface area (Å²) in [5.74, 6) is 1.45. The van der Waals surface area contributed by atoms with Crippen molar-refractivity contribution < 1.29 is 22.7 Å². The molecule has 1 amide bonds. The SMILES string of the molecule is CC(C)(C)OC(=O)NCC(F)(F)c1ccc(C#Cc2ccc(F)nc2)cc1Cl. The fourth-order valence-electron chi connectivity index (χ4n) is 2.08. The molecule has 28 heavy (non-hydrogen) atoms. The van der Waals surface area contributed by atoms with Crippen molar-refractivity contribution in [2.24, 2.45) is 0 Å². The van der Waals surface area contributed by atoms with Crippen molar-refractivity contribution in [3.8, 4) is 11.8 Å². The lowest BCUT2D eigenvalue weighted by atomic mass is 10.1. The standard InChI is InChI=1S/C20H18ClF3N2O2/c1-19(2,3)28-18(27)26-12-20(23,24)15-8-6-13(10-16(15)21)4-5-14-7-9-17(22)25-11-14/h6-11H,12H2,1-3H3,(H,26,27). The predicted molar refractivity (Wildman–Crippen MR) is 99.8 cm³/mol. The number of carbonyl (C=O) groups is 1. The molecule has 0 aliphatic carbocycles. The maximum Gasteiger partial charge on any atom is 0.407 e. The summed E-state index contributed by atoms with van der Waals surface area (Å²) in [6.07, 6.45) is 0.313. The summed E-state index contributed by atoms with van der Waals surface area (Å²) in [5.41, 5.74) is -0.376. The van der Waals surface area contributed by atoms with Crippen LogP contribution in [0.15, 0.2) is 36.5 Å². The van der Waals surface area contributed by atoms with Gasteiger partial charge in [0, 0.05) is 22.9 Å². The average molecular weight is 411 g/mol. The summed E-state index contributed by atoms with van der Waals surface area (Å²) < 4.78 is 46.5. The third-order valence-corrected chi connectivity index (χ3v) is 3.61. The van der Waals surface area contributed by atoms with Gasteiger partial charge in [0.1, 0.15) is 5.60 Å². The molecule has 0 saturated heterocycles. The molecule has 1 aromatic heterocycles. The Balaban J connectivity index is 2.10. The molecule has 0 aliphatic heterocycles. The highest BCUT2D eigenvalue weighted by Crippen LogP contribution is 2.33. The number of rotatable bonds is 3. The summed E-state index contributed by atoms with van der Waals surface area (Å²) >= 11 is 5.98. The zero-order chi connectivity index (χ0) is 20.9. The second-order valence-electron chi connectivity index (χ2n) is 6.87. The summed E-state index contributed by atoms with van der Waals surface area (Å²) in [4.78, 5) is 15.0. The summed E-state index contributed by atoms with van der Waals surface area (Å²) in [5, 5.41) is 1.84. The highest BCUT2D eigenvalue weighted by Gasteiger charge is 2.35. The molecule has 0 bridgehead atoms. The van der Waals surface area contributed by atoms with Gasteiger partial charge in [-0.1, -0.05) is 29.5 Å². The maximum atomic E-state index is 14.4. The van der Waals surface area contributed by atoms with E-state index >= 15 is 0 Å². The van der Waals surface area contributed by atoms with Crippen LogP contribution in [0.3, 0.4) is 0 Å². The summed E-state index contributed by atoms with van der Waals surface area (Å²) in [6.45, 7) is 3.92. The number of hydrogen-bond donors (Lipinski definition) is 1. The first-order chi connectivity index (χ1) is 13.0. The molecular weight excluding hydrogens is 393 g/mol. The number of benzene rings is 1. The second-order valence-corrected chi connectivity index (χ2v) is 7.28. The Morgan fingerprint density at radius 1 is 1.18 bits per heavy atom. The number of hydrogen-bond acceptors (Lipinski definition) is 3. The number of halogens is 4. The van der Waals surface area contributed by atoms with Gasteiger partial charge in [-0.05, 0) is 45.0 Å². The molecule has 4 nitrogen and oxygen atoms in total. The van der Waals surface area contributed by atoms with Crippen LogP contribution in [-0.4, -0.2) is 23.2 Å².